The number of amides is 1. The summed E-state index contributed by atoms with van der Waals surface area (Å²) >= 11 is 0. The summed E-state index contributed by atoms with van der Waals surface area (Å²) in [6.07, 6.45) is -1.05. The molecular weight excluding hydrogens is 326 g/mol. The number of phenolic OH excluding ortho intramolecular Hbond substituents is 1. The van der Waals surface area contributed by atoms with Gasteiger partial charge in [-0.15, -0.1) is 0 Å². The quantitative estimate of drug-likeness (QED) is 0.801. The highest BCUT2D eigenvalue weighted by Crippen LogP contribution is 2.24. The van der Waals surface area contributed by atoms with Gasteiger partial charge in [-0.3, -0.25) is 9.48 Å². The Labute approximate surface area is 145 Å². The standard InChI is InChI=1S/C17H21N3O5/c1-9-15(10(2)20(4)19-9)18-16(22)11(3)25-17(23)13-7-6-12(24-5)8-14(13)21/h6-8,11,21H,1-5H3,(H,18,22). The van der Waals surface area contributed by atoms with E-state index < -0.39 is 18.0 Å². The van der Waals surface area contributed by atoms with E-state index in [0.717, 1.165) is 5.69 Å². The maximum atomic E-state index is 12.3. The van der Waals surface area contributed by atoms with Crippen LogP contribution in [0, 0.1) is 13.8 Å². The predicted molar refractivity (Wildman–Crippen MR) is 90.8 cm³/mol. The number of hydrogen-bond acceptors (Lipinski definition) is 6. The highest BCUT2D eigenvalue weighted by Gasteiger charge is 2.23. The number of benzene rings is 1. The van der Waals surface area contributed by atoms with Gasteiger partial charge < -0.3 is 19.9 Å². The number of anilines is 1. The SMILES string of the molecule is COc1ccc(C(=O)OC(C)C(=O)Nc2c(C)nn(C)c2C)c(O)c1. The van der Waals surface area contributed by atoms with Crippen LogP contribution in [0.1, 0.15) is 28.7 Å². The Morgan fingerprint density at radius 1 is 1.32 bits per heavy atom. The third-order valence-corrected chi connectivity index (χ3v) is 3.84. The van der Waals surface area contributed by atoms with Crippen molar-refractivity contribution in [3.8, 4) is 11.5 Å². The molecule has 25 heavy (non-hydrogen) atoms. The van der Waals surface area contributed by atoms with Gasteiger partial charge in [-0.1, -0.05) is 0 Å². The van der Waals surface area contributed by atoms with Gasteiger partial charge in [0.15, 0.2) is 6.10 Å². The Balaban J connectivity index is 2.07. The van der Waals surface area contributed by atoms with Gasteiger partial charge in [0, 0.05) is 13.1 Å². The van der Waals surface area contributed by atoms with Crippen LogP contribution in [-0.4, -0.2) is 40.0 Å². The molecule has 0 bridgehead atoms. The average Bonchev–Trinajstić information content (AvgIpc) is 2.80. The van der Waals surface area contributed by atoms with Crippen LogP contribution in [0.2, 0.25) is 0 Å². The lowest BCUT2D eigenvalue weighted by Gasteiger charge is -2.14. The fraction of sp³-hybridized carbons (Fsp3) is 0.353. The topological polar surface area (TPSA) is 103 Å². The zero-order valence-corrected chi connectivity index (χ0v) is 14.8. The first kappa shape index (κ1) is 18.3. The van der Waals surface area contributed by atoms with Gasteiger partial charge >= 0.3 is 5.97 Å². The van der Waals surface area contributed by atoms with Crippen LogP contribution in [-0.2, 0) is 16.6 Å². The highest BCUT2D eigenvalue weighted by atomic mass is 16.5. The van der Waals surface area contributed by atoms with Crippen LogP contribution in [0.3, 0.4) is 0 Å². The Bertz CT molecular complexity index is 813. The van der Waals surface area contributed by atoms with Gasteiger partial charge in [0.2, 0.25) is 0 Å². The first-order valence-electron chi connectivity index (χ1n) is 7.63. The smallest absolute Gasteiger partial charge is 0.342 e. The molecule has 2 rings (SSSR count). The molecule has 0 saturated carbocycles. The number of rotatable bonds is 5. The molecule has 0 aliphatic heterocycles. The van der Waals surface area contributed by atoms with E-state index in [1.165, 1.54) is 32.2 Å². The number of methoxy groups -OCH3 is 1. The number of carbonyl (C=O) groups is 2. The monoisotopic (exact) mass is 347 g/mol. The molecule has 1 atom stereocenters. The van der Waals surface area contributed by atoms with Crippen molar-refractivity contribution in [3.63, 3.8) is 0 Å². The second kappa shape index (κ2) is 7.25. The van der Waals surface area contributed by atoms with Gasteiger partial charge in [-0.2, -0.15) is 5.10 Å². The molecule has 0 aliphatic carbocycles. The van der Waals surface area contributed by atoms with Crippen molar-refractivity contribution >= 4 is 17.6 Å². The largest absolute Gasteiger partial charge is 0.507 e. The van der Waals surface area contributed by atoms with Crippen molar-refractivity contribution in [2.24, 2.45) is 7.05 Å². The Morgan fingerprint density at radius 2 is 2.00 bits per heavy atom. The molecule has 0 spiro atoms. The number of hydrogen-bond donors (Lipinski definition) is 2. The molecule has 0 aliphatic rings. The maximum absolute atomic E-state index is 12.3. The van der Waals surface area contributed by atoms with Crippen molar-refractivity contribution in [2.75, 3.05) is 12.4 Å². The molecule has 8 nitrogen and oxygen atoms in total. The molecule has 134 valence electrons. The van der Waals surface area contributed by atoms with Crippen molar-refractivity contribution in [3.05, 3.63) is 35.2 Å². The number of ether oxygens (including phenoxy) is 2. The van der Waals surface area contributed by atoms with E-state index in [4.69, 9.17) is 9.47 Å². The van der Waals surface area contributed by atoms with Crippen LogP contribution >= 0.6 is 0 Å². The summed E-state index contributed by atoms with van der Waals surface area (Å²) < 4.78 is 11.7. The molecule has 2 aromatic rings. The average molecular weight is 347 g/mol. The summed E-state index contributed by atoms with van der Waals surface area (Å²) in [6, 6.07) is 4.18. The summed E-state index contributed by atoms with van der Waals surface area (Å²) in [5.74, 6) is -1.17. The molecule has 1 amide bonds. The third kappa shape index (κ3) is 3.90. The number of nitrogens with zero attached hydrogens (tertiary/aromatic N) is 2. The van der Waals surface area contributed by atoms with Gasteiger partial charge in [-0.25, -0.2) is 4.79 Å². The van der Waals surface area contributed by atoms with Crippen molar-refractivity contribution in [2.45, 2.75) is 26.9 Å². The number of aromatic nitrogens is 2. The van der Waals surface area contributed by atoms with Crippen LogP contribution < -0.4 is 10.1 Å². The molecule has 1 unspecified atom stereocenters. The minimum Gasteiger partial charge on any atom is -0.507 e. The number of carbonyl (C=O) groups excluding carboxylic acids is 2. The fourth-order valence-electron chi connectivity index (χ4n) is 2.27. The molecule has 8 heteroatoms. The van der Waals surface area contributed by atoms with Gasteiger partial charge in [0.05, 0.1) is 24.2 Å². The summed E-state index contributed by atoms with van der Waals surface area (Å²) in [5, 5.41) is 16.8. The summed E-state index contributed by atoms with van der Waals surface area (Å²) in [4.78, 5) is 24.4. The van der Waals surface area contributed by atoms with E-state index in [1.807, 2.05) is 6.92 Å². The number of phenols is 1. The van der Waals surface area contributed by atoms with E-state index in [-0.39, 0.29) is 11.3 Å². The second-order valence-corrected chi connectivity index (χ2v) is 5.59. The lowest BCUT2D eigenvalue weighted by molar-refractivity contribution is -0.123. The van der Waals surface area contributed by atoms with Crippen LogP contribution in [0.5, 0.6) is 11.5 Å². The molecule has 1 heterocycles. The van der Waals surface area contributed by atoms with E-state index in [0.29, 0.717) is 17.1 Å². The Morgan fingerprint density at radius 3 is 2.52 bits per heavy atom. The molecular formula is C17H21N3O5. The minimum atomic E-state index is -1.05. The first-order valence-corrected chi connectivity index (χ1v) is 7.63. The van der Waals surface area contributed by atoms with Crippen molar-refractivity contribution < 1.29 is 24.2 Å². The normalized spacial score (nSPS) is 11.7. The predicted octanol–water partition coefficient (Wildman–Crippen LogP) is 1.94. The van der Waals surface area contributed by atoms with Gasteiger partial charge in [-0.05, 0) is 32.9 Å². The molecule has 1 aromatic carbocycles. The number of esters is 1. The van der Waals surface area contributed by atoms with E-state index in [9.17, 15) is 14.7 Å². The van der Waals surface area contributed by atoms with Crippen molar-refractivity contribution in [1.29, 1.82) is 0 Å². The molecule has 0 saturated heterocycles. The molecule has 2 N–H and O–H groups in total. The zero-order valence-electron chi connectivity index (χ0n) is 14.8. The van der Waals surface area contributed by atoms with Crippen LogP contribution in [0.4, 0.5) is 5.69 Å². The lowest BCUT2D eigenvalue weighted by Crippen LogP contribution is -2.30. The summed E-state index contributed by atoms with van der Waals surface area (Å²) in [6.45, 7) is 5.05. The highest BCUT2D eigenvalue weighted by molar-refractivity contribution is 5.98. The number of aromatic hydroxyl groups is 1. The van der Waals surface area contributed by atoms with E-state index in [2.05, 4.69) is 10.4 Å². The van der Waals surface area contributed by atoms with Crippen LogP contribution in [0.25, 0.3) is 0 Å². The van der Waals surface area contributed by atoms with Crippen molar-refractivity contribution in [1.82, 2.24) is 9.78 Å². The zero-order chi connectivity index (χ0) is 18.7. The molecule has 1 aromatic heterocycles. The minimum absolute atomic E-state index is 0.0470. The lowest BCUT2D eigenvalue weighted by atomic mass is 10.2. The molecule has 0 fully saturated rings. The summed E-state index contributed by atoms with van der Waals surface area (Å²) in [5.41, 5.74) is 1.99. The number of aryl methyl sites for hydroxylation is 2. The van der Waals surface area contributed by atoms with Gasteiger partial charge in [0.1, 0.15) is 17.1 Å². The Kier molecular flexibility index (Phi) is 5.31. The third-order valence-electron chi connectivity index (χ3n) is 3.84. The first-order chi connectivity index (χ1) is 11.7. The fourth-order valence-corrected chi connectivity index (χ4v) is 2.27. The summed E-state index contributed by atoms with van der Waals surface area (Å²) in [7, 11) is 3.22. The Hall–Kier alpha value is -3.03. The van der Waals surface area contributed by atoms with E-state index in [1.54, 1.807) is 18.7 Å². The number of nitrogens with one attached hydrogen (secondary N) is 1. The van der Waals surface area contributed by atoms with E-state index >= 15 is 0 Å². The maximum Gasteiger partial charge on any atom is 0.342 e. The molecule has 0 radical (unpaired) electrons. The second-order valence-electron chi connectivity index (χ2n) is 5.59. The van der Waals surface area contributed by atoms with Crippen LogP contribution in [0.15, 0.2) is 18.2 Å². The van der Waals surface area contributed by atoms with Gasteiger partial charge in [0.25, 0.3) is 5.91 Å².